The number of aromatic nitrogens is 3. The first-order valence-electron chi connectivity index (χ1n) is 6.88. The number of phenolic OH excluding ortho intramolecular Hbond substituents is 1. The Morgan fingerprint density at radius 2 is 2.38 bits per heavy atom. The van der Waals surface area contributed by atoms with Crippen LogP contribution in [0.3, 0.4) is 0 Å². The number of thiophene rings is 1. The van der Waals surface area contributed by atoms with E-state index in [0.717, 1.165) is 4.88 Å². The summed E-state index contributed by atoms with van der Waals surface area (Å²) in [5.41, 5.74) is 0.667. The number of phenols is 1. The maximum Gasteiger partial charge on any atom is 0.216 e. The number of hydrogen-bond acceptors (Lipinski definition) is 6. The van der Waals surface area contributed by atoms with Crippen LogP contribution in [0.4, 0.5) is 0 Å². The SMILES string of the molecule is COc1cc(/C=N\n2c(Cc3cccs3)n[nH]c2=S)cc(Cl)c1O. The van der Waals surface area contributed by atoms with Gasteiger partial charge in [-0.1, -0.05) is 17.7 Å². The predicted molar refractivity (Wildman–Crippen MR) is 97.2 cm³/mol. The first-order valence-corrected chi connectivity index (χ1v) is 8.54. The number of rotatable bonds is 5. The zero-order valence-corrected chi connectivity index (χ0v) is 15.0. The van der Waals surface area contributed by atoms with Gasteiger partial charge in [-0.25, -0.2) is 0 Å². The van der Waals surface area contributed by atoms with Gasteiger partial charge in [0.1, 0.15) is 0 Å². The molecule has 0 amide bonds. The molecule has 0 radical (unpaired) electrons. The summed E-state index contributed by atoms with van der Waals surface area (Å²) in [5.74, 6) is 0.878. The number of nitrogens with one attached hydrogen (secondary N) is 1. The zero-order chi connectivity index (χ0) is 17.1. The molecule has 2 heterocycles. The van der Waals surface area contributed by atoms with Crippen molar-refractivity contribution in [3.8, 4) is 11.5 Å². The first kappa shape index (κ1) is 16.7. The third-order valence-electron chi connectivity index (χ3n) is 3.22. The fourth-order valence-corrected chi connectivity index (χ4v) is 3.19. The normalized spacial score (nSPS) is 11.2. The summed E-state index contributed by atoms with van der Waals surface area (Å²) in [6, 6.07) is 7.24. The van der Waals surface area contributed by atoms with E-state index in [9.17, 15) is 5.11 Å². The monoisotopic (exact) mass is 380 g/mol. The number of aromatic hydroxyl groups is 1. The molecule has 24 heavy (non-hydrogen) atoms. The number of halogens is 1. The van der Waals surface area contributed by atoms with Crippen molar-refractivity contribution in [3.05, 3.63) is 55.7 Å². The van der Waals surface area contributed by atoms with E-state index in [0.29, 0.717) is 22.6 Å². The number of benzene rings is 1. The minimum absolute atomic E-state index is 0.102. The van der Waals surface area contributed by atoms with E-state index < -0.39 is 0 Å². The summed E-state index contributed by atoms with van der Waals surface area (Å²) in [6.45, 7) is 0. The van der Waals surface area contributed by atoms with Gasteiger partial charge >= 0.3 is 0 Å². The molecule has 0 aliphatic heterocycles. The van der Waals surface area contributed by atoms with Gasteiger partial charge in [0.25, 0.3) is 0 Å². The fourth-order valence-electron chi connectivity index (χ4n) is 2.08. The number of ether oxygens (including phenoxy) is 1. The Labute approximate surface area is 152 Å². The van der Waals surface area contributed by atoms with Crippen LogP contribution >= 0.6 is 35.2 Å². The predicted octanol–water partition coefficient (Wildman–Crippen LogP) is 3.84. The molecule has 3 aromatic rings. The van der Waals surface area contributed by atoms with Crippen LogP contribution in [0.5, 0.6) is 11.5 Å². The van der Waals surface area contributed by atoms with E-state index in [1.807, 2.05) is 17.5 Å². The molecule has 9 heteroatoms. The number of H-pyrrole nitrogens is 1. The van der Waals surface area contributed by atoms with E-state index in [-0.39, 0.29) is 16.5 Å². The van der Waals surface area contributed by atoms with Gasteiger partial charge in [-0.05, 0) is 41.4 Å². The highest BCUT2D eigenvalue weighted by Gasteiger charge is 2.09. The van der Waals surface area contributed by atoms with Gasteiger partial charge in [0, 0.05) is 11.3 Å². The molecular formula is C15H13ClN4O2S2. The summed E-state index contributed by atoms with van der Waals surface area (Å²) in [6.07, 6.45) is 2.21. The molecule has 0 saturated heterocycles. The average molecular weight is 381 g/mol. The second kappa shape index (κ2) is 7.16. The van der Waals surface area contributed by atoms with Gasteiger partial charge in [-0.15, -0.1) is 11.3 Å². The first-order chi connectivity index (χ1) is 11.6. The molecule has 0 spiro atoms. The third-order valence-corrected chi connectivity index (χ3v) is 4.65. The Kier molecular flexibility index (Phi) is 4.98. The van der Waals surface area contributed by atoms with Crippen LogP contribution in [0.1, 0.15) is 16.3 Å². The average Bonchev–Trinajstić information content (AvgIpc) is 3.19. The molecule has 0 unspecified atom stereocenters. The Morgan fingerprint density at radius 1 is 1.54 bits per heavy atom. The molecule has 124 valence electrons. The molecule has 2 N–H and O–H groups in total. The fraction of sp³-hybridized carbons (Fsp3) is 0.133. The molecule has 0 atom stereocenters. The molecular weight excluding hydrogens is 368 g/mol. The topological polar surface area (TPSA) is 75.4 Å². The van der Waals surface area contributed by atoms with Crippen molar-refractivity contribution < 1.29 is 9.84 Å². The molecule has 0 fully saturated rings. The van der Waals surface area contributed by atoms with E-state index in [2.05, 4.69) is 15.3 Å². The molecule has 0 aliphatic rings. The summed E-state index contributed by atoms with van der Waals surface area (Å²) in [7, 11) is 1.46. The summed E-state index contributed by atoms with van der Waals surface area (Å²) in [5, 5.41) is 23.3. The lowest BCUT2D eigenvalue weighted by molar-refractivity contribution is 0.373. The minimum atomic E-state index is -0.102. The van der Waals surface area contributed by atoms with Crippen LogP contribution in [-0.4, -0.2) is 33.3 Å². The van der Waals surface area contributed by atoms with Gasteiger partial charge < -0.3 is 9.84 Å². The number of nitrogens with zero attached hydrogens (tertiary/aromatic N) is 3. The second-order valence-corrected chi connectivity index (χ2v) is 6.64. The van der Waals surface area contributed by atoms with Gasteiger partial charge in [0.2, 0.25) is 4.77 Å². The van der Waals surface area contributed by atoms with Gasteiger partial charge in [0.05, 0.1) is 18.3 Å². The van der Waals surface area contributed by atoms with Crippen molar-refractivity contribution in [3.63, 3.8) is 0 Å². The van der Waals surface area contributed by atoms with Crippen molar-refractivity contribution in [2.75, 3.05) is 7.11 Å². The Hall–Kier alpha value is -2.16. The lowest BCUT2D eigenvalue weighted by atomic mass is 10.2. The lowest BCUT2D eigenvalue weighted by Crippen LogP contribution is -1.99. The summed E-state index contributed by atoms with van der Waals surface area (Å²) >= 11 is 12.8. The van der Waals surface area contributed by atoms with E-state index in [4.69, 9.17) is 28.6 Å². The van der Waals surface area contributed by atoms with Crippen LogP contribution in [0.25, 0.3) is 0 Å². The van der Waals surface area contributed by atoms with Gasteiger partial charge in [-0.2, -0.15) is 14.9 Å². The van der Waals surface area contributed by atoms with Crippen LogP contribution in [0.15, 0.2) is 34.7 Å². The van der Waals surface area contributed by atoms with Crippen molar-refractivity contribution in [2.24, 2.45) is 5.10 Å². The number of aromatic amines is 1. The highest BCUT2D eigenvalue weighted by atomic mass is 35.5. The summed E-state index contributed by atoms with van der Waals surface area (Å²) in [4.78, 5) is 1.16. The largest absolute Gasteiger partial charge is 0.503 e. The third kappa shape index (κ3) is 3.50. The molecule has 0 bridgehead atoms. The maximum absolute atomic E-state index is 9.77. The Bertz CT molecular complexity index is 932. The lowest BCUT2D eigenvalue weighted by Gasteiger charge is -2.06. The smallest absolute Gasteiger partial charge is 0.216 e. The number of hydrogen-bond donors (Lipinski definition) is 2. The van der Waals surface area contributed by atoms with Crippen LogP contribution in [0.2, 0.25) is 5.02 Å². The van der Waals surface area contributed by atoms with Gasteiger partial charge in [0.15, 0.2) is 17.3 Å². The standard InChI is InChI=1S/C15H13ClN4O2S2/c1-22-12-6-9(5-11(16)14(12)21)8-17-20-13(18-19-15(20)23)7-10-3-2-4-24-10/h2-6,8,21H,7H2,1H3,(H,19,23)/b17-8-. The molecule has 3 rings (SSSR count). The van der Waals surface area contributed by atoms with Gasteiger partial charge in [-0.3, -0.25) is 5.10 Å². The highest BCUT2D eigenvalue weighted by Crippen LogP contribution is 2.34. The second-order valence-electron chi connectivity index (χ2n) is 4.81. The van der Waals surface area contributed by atoms with E-state index in [1.54, 1.807) is 34.4 Å². The zero-order valence-electron chi connectivity index (χ0n) is 12.6. The van der Waals surface area contributed by atoms with Crippen LogP contribution < -0.4 is 4.74 Å². The molecule has 6 nitrogen and oxygen atoms in total. The summed E-state index contributed by atoms with van der Waals surface area (Å²) < 4.78 is 7.04. The van der Waals surface area contributed by atoms with Crippen LogP contribution in [0, 0.1) is 4.77 Å². The Morgan fingerprint density at radius 3 is 3.08 bits per heavy atom. The molecule has 0 saturated carbocycles. The maximum atomic E-state index is 9.77. The molecule has 2 aromatic heterocycles. The van der Waals surface area contributed by atoms with Crippen molar-refractivity contribution >= 4 is 41.4 Å². The highest BCUT2D eigenvalue weighted by molar-refractivity contribution is 7.71. The Balaban J connectivity index is 1.91. The van der Waals surface area contributed by atoms with Crippen molar-refractivity contribution in [1.82, 2.24) is 14.9 Å². The molecule has 0 aliphatic carbocycles. The van der Waals surface area contributed by atoms with E-state index in [1.165, 1.54) is 7.11 Å². The van der Waals surface area contributed by atoms with Crippen molar-refractivity contribution in [2.45, 2.75) is 6.42 Å². The number of methoxy groups -OCH3 is 1. The molecule has 1 aromatic carbocycles. The van der Waals surface area contributed by atoms with Crippen LogP contribution in [-0.2, 0) is 6.42 Å². The minimum Gasteiger partial charge on any atom is -0.503 e. The quantitative estimate of drug-likeness (QED) is 0.521. The van der Waals surface area contributed by atoms with Crippen molar-refractivity contribution in [1.29, 1.82) is 0 Å². The van der Waals surface area contributed by atoms with E-state index >= 15 is 0 Å².